The molecule has 0 bridgehead atoms. The monoisotopic (exact) mass is 241 g/mol. The minimum Gasteiger partial charge on any atom is -0.480 e. The Bertz CT molecular complexity index is 297. The van der Waals surface area contributed by atoms with E-state index in [1.807, 2.05) is 0 Å². The number of amides is 1. The molecule has 0 aromatic heterocycles. The summed E-state index contributed by atoms with van der Waals surface area (Å²) in [5, 5.41) is 9.11. The van der Waals surface area contributed by atoms with Crippen molar-refractivity contribution in [3.8, 4) is 0 Å². The van der Waals surface area contributed by atoms with Crippen LogP contribution in [-0.4, -0.2) is 34.5 Å². The highest BCUT2D eigenvalue weighted by atomic mass is 16.4. The van der Waals surface area contributed by atoms with Gasteiger partial charge in [0.15, 0.2) is 0 Å². The molecule has 0 aliphatic carbocycles. The first-order chi connectivity index (χ1) is 7.91. The van der Waals surface area contributed by atoms with Gasteiger partial charge in [-0.25, -0.2) is 0 Å². The first-order valence-corrected chi connectivity index (χ1v) is 6.45. The Hall–Kier alpha value is -1.06. The molecule has 1 unspecified atom stereocenters. The van der Waals surface area contributed by atoms with E-state index in [1.54, 1.807) is 4.90 Å². The molecule has 0 saturated carbocycles. The van der Waals surface area contributed by atoms with Crippen LogP contribution in [0.2, 0.25) is 0 Å². The number of rotatable bonds is 4. The molecule has 0 radical (unpaired) electrons. The van der Waals surface area contributed by atoms with Gasteiger partial charge in [0.2, 0.25) is 5.91 Å². The first-order valence-electron chi connectivity index (χ1n) is 6.45. The van der Waals surface area contributed by atoms with Crippen molar-refractivity contribution < 1.29 is 14.7 Å². The van der Waals surface area contributed by atoms with Gasteiger partial charge in [-0.3, -0.25) is 9.59 Å². The molecule has 17 heavy (non-hydrogen) atoms. The second-order valence-electron chi connectivity index (χ2n) is 5.37. The highest BCUT2D eigenvalue weighted by Crippen LogP contribution is 2.27. The number of piperidine rings is 1. The molecule has 1 aliphatic rings. The van der Waals surface area contributed by atoms with Crippen molar-refractivity contribution in [2.24, 2.45) is 5.41 Å². The Labute approximate surface area is 103 Å². The van der Waals surface area contributed by atoms with Gasteiger partial charge in [0.05, 0.1) is 0 Å². The van der Waals surface area contributed by atoms with Crippen LogP contribution in [0.3, 0.4) is 0 Å². The molecule has 1 aliphatic heterocycles. The van der Waals surface area contributed by atoms with Crippen molar-refractivity contribution >= 4 is 11.9 Å². The van der Waals surface area contributed by atoms with Gasteiger partial charge in [0.1, 0.15) is 5.41 Å². The van der Waals surface area contributed by atoms with Gasteiger partial charge >= 0.3 is 5.97 Å². The van der Waals surface area contributed by atoms with E-state index in [0.29, 0.717) is 6.54 Å². The van der Waals surface area contributed by atoms with E-state index in [4.69, 9.17) is 5.11 Å². The van der Waals surface area contributed by atoms with Crippen molar-refractivity contribution in [3.63, 3.8) is 0 Å². The topological polar surface area (TPSA) is 57.6 Å². The third-order valence-electron chi connectivity index (χ3n) is 3.58. The molecule has 1 N–H and O–H groups in total. The molecular weight excluding hydrogens is 218 g/mol. The zero-order valence-corrected chi connectivity index (χ0v) is 11.0. The summed E-state index contributed by atoms with van der Waals surface area (Å²) in [6, 6.07) is 0.236. The molecule has 4 heteroatoms. The fourth-order valence-electron chi connectivity index (χ4n) is 2.35. The number of carboxylic acids is 1. The molecule has 0 aromatic carbocycles. The normalized spacial score (nSPS) is 21.4. The maximum Gasteiger partial charge on any atom is 0.318 e. The summed E-state index contributed by atoms with van der Waals surface area (Å²) in [5.41, 5.74) is -1.30. The summed E-state index contributed by atoms with van der Waals surface area (Å²) in [4.78, 5) is 25.2. The lowest BCUT2D eigenvalue weighted by molar-refractivity contribution is -0.160. The average molecular weight is 241 g/mol. The number of nitrogens with zero attached hydrogens (tertiary/aromatic N) is 1. The van der Waals surface area contributed by atoms with Gasteiger partial charge in [-0.05, 0) is 39.5 Å². The number of carbonyl (C=O) groups is 2. The van der Waals surface area contributed by atoms with Crippen molar-refractivity contribution in [2.75, 3.05) is 6.54 Å². The van der Waals surface area contributed by atoms with E-state index in [2.05, 4.69) is 6.92 Å². The van der Waals surface area contributed by atoms with Crippen LogP contribution in [0.1, 0.15) is 52.9 Å². The van der Waals surface area contributed by atoms with E-state index in [1.165, 1.54) is 13.8 Å². The van der Waals surface area contributed by atoms with Gasteiger partial charge < -0.3 is 10.0 Å². The quantitative estimate of drug-likeness (QED) is 0.768. The highest BCUT2D eigenvalue weighted by molar-refractivity contribution is 6.01. The minimum atomic E-state index is -1.30. The Morgan fingerprint density at radius 3 is 2.53 bits per heavy atom. The third kappa shape index (κ3) is 2.99. The van der Waals surface area contributed by atoms with Gasteiger partial charge in [0.25, 0.3) is 0 Å². The molecule has 1 amide bonds. The number of aliphatic carboxylic acids is 1. The average Bonchev–Trinajstić information content (AvgIpc) is 2.29. The van der Waals surface area contributed by atoms with Crippen molar-refractivity contribution in [1.82, 2.24) is 4.90 Å². The van der Waals surface area contributed by atoms with Crippen LogP contribution in [0.5, 0.6) is 0 Å². The van der Waals surface area contributed by atoms with E-state index in [-0.39, 0.29) is 11.9 Å². The van der Waals surface area contributed by atoms with Crippen LogP contribution in [0, 0.1) is 5.41 Å². The lowest BCUT2D eigenvalue weighted by atomic mass is 9.88. The van der Waals surface area contributed by atoms with Crippen LogP contribution in [0.4, 0.5) is 0 Å². The van der Waals surface area contributed by atoms with Gasteiger partial charge in [-0.2, -0.15) is 0 Å². The van der Waals surface area contributed by atoms with E-state index in [0.717, 1.165) is 32.1 Å². The van der Waals surface area contributed by atoms with Crippen LogP contribution >= 0.6 is 0 Å². The zero-order chi connectivity index (χ0) is 13.1. The summed E-state index contributed by atoms with van der Waals surface area (Å²) in [6.45, 7) is 5.80. The second-order valence-corrected chi connectivity index (χ2v) is 5.37. The predicted molar refractivity (Wildman–Crippen MR) is 65.7 cm³/mol. The fourth-order valence-corrected chi connectivity index (χ4v) is 2.35. The Kier molecular flexibility index (Phi) is 4.54. The lowest BCUT2D eigenvalue weighted by Crippen LogP contribution is -2.51. The summed E-state index contributed by atoms with van der Waals surface area (Å²) in [7, 11) is 0. The largest absolute Gasteiger partial charge is 0.480 e. The molecule has 0 spiro atoms. The van der Waals surface area contributed by atoms with Crippen molar-refractivity contribution in [3.05, 3.63) is 0 Å². The molecule has 1 fully saturated rings. The van der Waals surface area contributed by atoms with Crippen molar-refractivity contribution in [2.45, 2.75) is 58.9 Å². The van der Waals surface area contributed by atoms with Gasteiger partial charge in [0, 0.05) is 12.6 Å². The number of hydrogen-bond donors (Lipinski definition) is 1. The maximum absolute atomic E-state index is 12.3. The standard InChI is InChI=1S/C13H23NO3/c1-4-7-10-8-5-6-9-14(10)11(15)13(2,3)12(16)17/h10H,4-9H2,1-3H3,(H,16,17). The van der Waals surface area contributed by atoms with Gasteiger partial charge in [-0.15, -0.1) is 0 Å². The zero-order valence-electron chi connectivity index (χ0n) is 11.0. The summed E-state index contributed by atoms with van der Waals surface area (Å²) >= 11 is 0. The van der Waals surface area contributed by atoms with Gasteiger partial charge in [-0.1, -0.05) is 13.3 Å². The van der Waals surface area contributed by atoms with Crippen LogP contribution in [0.15, 0.2) is 0 Å². The smallest absolute Gasteiger partial charge is 0.318 e. The number of carboxylic acid groups (broad SMARTS) is 1. The Morgan fingerprint density at radius 1 is 1.35 bits per heavy atom. The summed E-state index contributed by atoms with van der Waals surface area (Å²) in [5.74, 6) is -1.27. The molecule has 1 heterocycles. The Morgan fingerprint density at radius 2 is 2.00 bits per heavy atom. The summed E-state index contributed by atoms with van der Waals surface area (Å²) < 4.78 is 0. The molecule has 1 saturated heterocycles. The maximum atomic E-state index is 12.3. The lowest BCUT2D eigenvalue weighted by Gasteiger charge is -2.39. The molecular formula is C13H23NO3. The van der Waals surface area contributed by atoms with E-state index < -0.39 is 11.4 Å². The predicted octanol–water partition coefficient (Wildman–Crippen LogP) is 2.28. The molecule has 4 nitrogen and oxygen atoms in total. The van der Waals surface area contributed by atoms with Crippen LogP contribution in [-0.2, 0) is 9.59 Å². The van der Waals surface area contributed by atoms with E-state index in [9.17, 15) is 9.59 Å². The van der Waals surface area contributed by atoms with Crippen molar-refractivity contribution in [1.29, 1.82) is 0 Å². The molecule has 0 aromatic rings. The van der Waals surface area contributed by atoms with Crippen LogP contribution in [0.25, 0.3) is 0 Å². The number of likely N-dealkylation sites (tertiary alicyclic amines) is 1. The number of carbonyl (C=O) groups excluding carboxylic acids is 1. The van der Waals surface area contributed by atoms with E-state index >= 15 is 0 Å². The molecule has 1 atom stereocenters. The molecule has 98 valence electrons. The fraction of sp³-hybridized carbons (Fsp3) is 0.846. The third-order valence-corrected chi connectivity index (χ3v) is 3.58. The number of hydrogen-bond acceptors (Lipinski definition) is 2. The highest BCUT2D eigenvalue weighted by Gasteiger charge is 2.41. The summed E-state index contributed by atoms with van der Waals surface area (Å²) in [6.07, 6.45) is 5.14. The minimum absolute atomic E-state index is 0.233. The SMILES string of the molecule is CCCC1CCCCN1C(=O)C(C)(C)C(=O)O. The molecule has 1 rings (SSSR count). The Balaban J connectivity index is 2.81. The first kappa shape index (κ1) is 14.0. The second kappa shape index (κ2) is 5.52. The van der Waals surface area contributed by atoms with Crippen LogP contribution < -0.4 is 0 Å².